The molecule has 0 saturated heterocycles. The molecular formula is C19H14N2O3. The zero-order valence-electron chi connectivity index (χ0n) is 12.7. The molecule has 1 heterocycles. The fourth-order valence-electron chi connectivity index (χ4n) is 2.79. The second kappa shape index (κ2) is 5.70. The van der Waals surface area contributed by atoms with Gasteiger partial charge in [0.1, 0.15) is 17.9 Å². The van der Waals surface area contributed by atoms with Crippen LogP contribution in [-0.4, -0.2) is 21.3 Å². The number of aromatic carboxylic acids is 1. The average Bonchev–Trinajstić information content (AvgIpc) is 3.04. The molecule has 118 valence electrons. The summed E-state index contributed by atoms with van der Waals surface area (Å²) >= 11 is 0. The maximum absolute atomic E-state index is 11.2. The zero-order chi connectivity index (χ0) is 16.5. The third-order valence-electron chi connectivity index (χ3n) is 3.97. The number of nitrogens with zero attached hydrogens (tertiary/aromatic N) is 1. The number of carboxylic acids is 1. The van der Waals surface area contributed by atoms with Crippen LogP contribution in [0, 0.1) is 0 Å². The molecule has 5 heteroatoms. The molecular weight excluding hydrogens is 304 g/mol. The van der Waals surface area contributed by atoms with Crippen LogP contribution in [-0.2, 0) is 6.61 Å². The van der Waals surface area contributed by atoms with Crippen LogP contribution in [0.3, 0.4) is 0 Å². The second-order valence-electron chi connectivity index (χ2n) is 5.53. The molecule has 0 spiro atoms. The summed E-state index contributed by atoms with van der Waals surface area (Å²) in [6.45, 7) is 0.394. The van der Waals surface area contributed by atoms with Gasteiger partial charge in [0.2, 0.25) is 0 Å². The minimum atomic E-state index is -1.06. The first-order valence-electron chi connectivity index (χ1n) is 7.53. The lowest BCUT2D eigenvalue weighted by molar-refractivity contribution is 0.0692. The van der Waals surface area contributed by atoms with Gasteiger partial charge in [0.15, 0.2) is 5.69 Å². The lowest BCUT2D eigenvalue weighted by atomic mass is 10.1. The number of carboxylic acid groups (broad SMARTS) is 1. The summed E-state index contributed by atoms with van der Waals surface area (Å²) in [5.41, 5.74) is 1.64. The second-order valence-corrected chi connectivity index (χ2v) is 5.53. The van der Waals surface area contributed by atoms with Crippen molar-refractivity contribution in [3.8, 4) is 5.75 Å². The highest BCUT2D eigenvalue weighted by molar-refractivity contribution is 6.02. The molecule has 4 aromatic rings. The van der Waals surface area contributed by atoms with E-state index in [9.17, 15) is 4.79 Å². The van der Waals surface area contributed by atoms with E-state index in [2.05, 4.69) is 34.5 Å². The minimum absolute atomic E-state index is 0.00107. The monoisotopic (exact) mass is 318 g/mol. The Balaban J connectivity index is 1.63. The van der Waals surface area contributed by atoms with Crippen molar-refractivity contribution in [3.05, 3.63) is 71.9 Å². The molecule has 0 aliphatic carbocycles. The van der Waals surface area contributed by atoms with Crippen molar-refractivity contribution < 1.29 is 14.6 Å². The number of hydrogen-bond acceptors (Lipinski definition) is 3. The standard InChI is InChI=1S/C19H14N2O3/c22-19(23)18-15-6-3-7-16(17(15)20-21-18)24-11-12-8-9-13-4-1-2-5-14(13)10-12/h1-10H,11H2,(H,20,21)(H,22,23). The number of hydrogen-bond donors (Lipinski definition) is 2. The Bertz CT molecular complexity index is 1050. The van der Waals surface area contributed by atoms with E-state index in [1.165, 1.54) is 5.39 Å². The van der Waals surface area contributed by atoms with Gasteiger partial charge in [-0.1, -0.05) is 48.5 Å². The van der Waals surface area contributed by atoms with E-state index in [0.29, 0.717) is 23.3 Å². The SMILES string of the molecule is O=C(O)c1n[nH]c2c(OCc3ccc4ccccc4c3)cccc12. The van der Waals surface area contributed by atoms with Crippen molar-refractivity contribution in [2.75, 3.05) is 0 Å². The molecule has 3 aromatic carbocycles. The summed E-state index contributed by atoms with van der Waals surface area (Å²) in [5, 5.41) is 18.6. The third kappa shape index (κ3) is 2.46. The predicted octanol–water partition coefficient (Wildman–Crippen LogP) is 3.99. The molecule has 4 rings (SSSR count). The van der Waals surface area contributed by atoms with E-state index in [4.69, 9.17) is 9.84 Å². The molecule has 1 aromatic heterocycles. The number of benzene rings is 3. The van der Waals surface area contributed by atoms with Crippen LogP contribution in [0.1, 0.15) is 16.1 Å². The summed E-state index contributed by atoms with van der Waals surface area (Å²) in [5.74, 6) is -0.478. The molecule has 0 unspecified atom stereocenters. The number of fused-ring (bicyclic) bond motifs is 2. The number of aromatic amines is 1. The first-order chi connectivity index (χ1) is 11.7. The van der Waals surface area contributed by atoms with Crippen molar-refractivity contribution in [1.29, 1.82) is 0 Å². The van der Waals surface area contributed by atoms with E-state index in [0.717, 1.165) is 10.9 Å². The number of ether oxygens (including phenoxy) is 1. The molecule has 2 N–H and O–H groups in total. The Kier molecular flexibility index (Phi) is 3.39. The van der Waals surface area contributed by atoms with Crippen LogP contribution in [0.5, 0.6) is 5.75 Å². The number of nitrogens with one attached hydrogen (secondary N) is 1. The maximum atomic E-state index is 11.2. The van der Waals surface area contributed by atoms with Crippen LogP contribution in [0.2, 0.25) is 0 Å². The summed E-state index contributed by atoms with van der Waals surface area (Å²) in [6, 6.07) is 19.6. The third-order valence-corrected chi connectivity index (χ3v) is 3.97. The Hall–Kier alpha value is -3.34. The number of para-hydroxylation sites is 1. The summed E-state index contributed by atoms with van der Waals surface area (Å²) in [7, 11) is 0. The smallest absolute Gasteiger partial charge is 0.357 e. The summed E-state index contributed by atoms with van der Waals surface area (Å²) in [4.78, 5) is 11.2. The van der Waals surface area contributed by atoms with Gasteiger partial charge in [-0.15, -0.1) is 0 Å². The van der Waals surface area contributed by atoms with Crippen LogP contribution in [0.4, 0.5) is 0 Å². The lowest BCUT2D eigenvalue weighted by Gasteiger charge is -2.08. The van der Waals surface area contributed by atoms with Gasteiger partial charge in [-0.25, -0.2) is 4.79 Å². The lowest BCUT2D eigenvalue weighted by Crippen LogP contribution is -1.97. The number of aromatic nitrogens is 2. The molecule has 24 heavy (non-hydrogen) atoms. The topological polar surface area (TPSA) is 75.2 Å². The normalized spacial score (nSPS) is 11.0. The maximum Gasteiger partial charge on any atom is 0.357 e. The Morgan fingerprint density at radius 3 is 2.71 bits per heavy atom. The highest BCUT2D eigenvalue weighted by Gasteiger charge is 2.15. The highest BCUT2D eigenvalue weighted by Crippen LogP contribution is 2.27. The van der Waals surface area contributed by atoms with E-state index in [-0.39, 0.29) is 5.69 Å². The Morgan fingerprint density at radius 2 is 1.88 bits per heavy atom. The molecule has 0 amide bonds. The number of rotatable bonds is 4. The molecule has 0 aliphatic rings. The van der Waals surface area contributed by atoms with E-state index in [1.54, 1.807) is 18.2 Å². The van der Waals surface area contributed by atoms with Gasteiger partial charge in [0.25, 0.3) is 0 Å². The first-order valence-corrected chi connectivity index (χ1v) is 7.53. The quantitative estimate of drug-likeness (QED) is 0.596. The van der Waals surface area contributed by atoms with Crippen LogP contribution < -0.4 is 4.74 Å². The number of carbonyl (C=O) groups is 1. The van der Waals surface area contributed by atoms with Gasteiger partial charge in [-0.3, -0.25) is 5.10 Å². The van der Waals surface area contributed by atoms with Crippen LogP contribution >= 0.6 is 0 Å². The largest absolute Gasteiger partial charge is 0.487 e. The molecule has 0 atom stereocenters. The van der Waals surface area contributed by atoms with E-state index >= 15 is 0 Å². The van der Waals surface area contributed by atoms with Crippen molar-refractivity contribution in [2.24, 2.45) is 0 Å². The van der Waals surface area contributed by atoms with Gasteiger partial charge in [-0.2, -0.15) is 5.10 Å². The molecule has 0 saturated carbocycles. The fourth-order valence-corrected chi connectivity index (χ4v) is 2.79. The molecule has 0 radical (unpaired) electrons. The molecule has 0 fully saturated rings. The van der Waals surface area contributed by atoms with Crippen molar-refractivity contribution in [2.45, 2.75) is 6.61 Å². The Morgan fingerprint density at radius 1 is 1.04 bits per heavy atom. The van der Waals surface area contributed by atoms with Crippen molar-refractivity contribution in [1.82, 2.24) is 10.2 Å². The Labute approximate surface area is 137 Å². The van der Waals surface area contributed by atoms with Gasteiger partial charge < -0.3 is 9.84 Å². The summed E-state index contributed by atoms with van der Waals surface area (Å²) < 4.78 is 5.88. The van der Waals surface area contributed by atoms with Gasteiger partial charge >= 0.3 is 5.97 Å². The fraction of sp³-hybridized carbons (Fsp3) is 0.0526. The van der Waals surface area contributed by atoms with Crippen LogP contribution in [0.25, 0.3) is 21.7 Å². The van der Waals surface area contributed by atoms with Gasteiger partial charge in [0, 0.05) is 5.39 Å². The predicted molar refractivity (Wildman–Crippen MR) is 91.3 cm³/mol. The highest BCUT2D eigenvalue weighted by atomic mass is 16.5. The molecule has 0 aliphatic heterocycles. The van der Waals surface area contributed by atoms with Gasteiger partial charge in [0.05, 0.1) is 0 Å². The summed E-state index contributed by atoms with van der Waals surface area (Å²) in [6.07, 6.45) is 0. The van der Waals surface area contributed by atoms with Gasteiger partial charge in [-0.05, 0) is 28.5 Å². The van der Waals surface area contributed by atoms with Crippen LogP contribution in [0.15, 0.2) is 60.7 Å². The zero-order valence-corrected chi connectivity index (χ0v) is 12.7. The van der Waals surface area contributed by atoms with E-state index in [1.807, 2.05) is 18.2 Å². The molecule has 0 bridgehead atoms. The van der Waals surface area contributed by atoms with Crippen molar-refractivity contribution in [3.63, 3.8) is 0 Å². The number of H-pyrrole nitrogens is 1. The average molecular weight is 318 g/mol. The minimum Gasteiger partial charge on any atom is -0.487 e. The first kappa shape index (κ1) is 14.3. The van der Waals surface area contributed by atoms with Crippen molar-refractivity contribution >= 4 is 27.6 Å². The molecule has 5 nitrogen and oxygen atoms in total. The van der Waals surface area contributed by atoms with E-state index < -0.39 is 5.97 Å².